The van der Waals surface area contributed by atoms with E-state index in [4.69, 9.17) is 15.0 Å². The number of para-hydroxylation sites is 1. The summed E-state index contributed by atoms with van der Waals surface area (Å²) in [5, 5.41) is 4.38. The Balaban J connectivity index is 1.80. The Hall–Kier alpha value is -3.08. The molecule has 0 spiro atoms. The van der Waals surface area contributed by atoms with Gasteiger partial charge < -0.3 is 5.32 Å². The predicted molar refractivity (Wildman–Crippen MR) is 102 cm³/mol. The third kappa shape index (κ3) is 3.01. The summed E-state index contributed by atoms with van der Waals surface area (Å²) in [7, 11) is 0. The number of hydrogen-bond acceptors (Lipinski definition) is 5. The summed E-state index contributed by atoms with van der Waals surface area (Å²) >= 11 is 0. The first-order valence-corrected chi connectivity index (χ1v) is 8.45. The zero-order valence-electron chi connectivity index (χ0n) is 14.3. The maximum atomic E-state index is 4.75. The fraction of sp³-hybridized carbons (Fsp3) is 0.200. The average Bonchev–Trinajstić information content (AvgIpc) is 3.01. The van der Waals surface area contributed by atoms with Gasteiger partial charge in [-0.1, -0.05) is 19.1 Å². The van der Waals surface area contributed by atoms with E-state index in [-0.39, 0.29) is 6.04 Å². The van der Waals surface area contributed by atoms with Crippen LogP contribution in [0, 0.1) is 0 Å². The van der Waals surface area contributed by atoms with Gasteiger partial charge in [0.25, 0.3) is 0 Å². The van der Waals surface area contributed by atoms with Crippen LogP contribution in [0.3, 0.4) is 0 Å². The molecule has 3 heterocycles. The molecule has 5 nitrogen and oxygen atoms in total. The highest BCUT2D eigenvalue weighted by molar-refractivity contribution is 6.09. The number of nitrogens with zero attached hydrogens (tertiary/aromatic N) is 4. The van der Waals surface area contributed by atoms with Gasteiger partial charge in [-0.15, -0.1) is 0 Å². The van der Waals surface area contributed by atoms with Crippen molar-refractivity contribution in [2.45, 2.75) is 26.3 Å². The van der Waals surface area contributed by atoms with Gasteiger partial charge in [0.15, 0.2) is 5.82 Å². The summed E-state index contributed by atoms with van der Waals surface area (Å²) in [4.78, 5) is 18.2. The van der Waals surface area contributed by atoms with Crippen molar-refractivity contribution in [1.82, 2.24) is 15.0 Å². The number of aromatic nitrogens is 3. The molecule has 1 aliphatic heterocycles. The molecule has 0 aliphatic carbocycles. The number of hydrogen-bond donors (Lipinski definition) is 1. The molecule has 25 heavy (non-hydrogen) atoms. The summed E-state index contributed by atoms with van der Waals surface area (Å²) in [5.41, 5.74) is 3.12. The normalized spacial score (nSPS) is 16.6. The van der Waals surface area contributed by atoms with E-state index in [0.29, 0.717) is 5.82 Å². The van der Waals surface area contributed by atoms with Gasteiger partial charge in [-0.3, -0.25) is 9.98 Å². The zero-order valence-corrected chi connectivity index (χ0v) is 14.3. The summed E-state index contributed by atoms with van der Waals surface area (Å²) in [5.74, 6) is 2.31. The quantitative estimate of drug-likeness (QED) is 0.780. The molecule has 0 fully saturated rings. The molecular weight excluding hydrogens is 310 g/mol. The van der Waals surface area contributed by atoms with Crippen molar-refractivity contribution in [1.29, 1.82) is 0 Å². The minimum Gasteiger partial charge on any atom is -0.325 e. The number of benzene rings is 1. The first-order valence-electron chi connectivity index (χ1n) is 8.45. The fourth-order valence-electron chi connectivity index (χ4n) is 3.02. The molecule has 0 saturated carbocycles. The molecule has 0 bridgehead atoms. The van der Waals surface area contributed by atoms with E-state index in [9.17, 15) is 0 Å². The summed E-state index contributed by atoms with van der Waals surface area (Å²) in [6.07, 6.45) is 6.59. The smallest absolute Gasteiger partial charge is 0.162 e. The Labute approximate surface area is 146 Å². The van der Waals surface area contributed by atoms with Crippen molar-refractivity contribution in [2.75, 3.05) is 5.32 Å². The van der Waals surface area contributed by atoms with Crippen LogP contribution >= 0.6 is 0 Å². The van der Waals surface area contributed by atoms with Crippen molar-refractivity contribution in [3.63, 3.8) is 0 Å². The van der Waals surface area contributed by atoms with Crippen LogP contribution in [0.1, 0.15) is 20.3 Å². The summed E-state index contributed by atoms with van der Waals surface area (Å²) in [6, 6.07) is 12.1. The third-order valence-corrected chi connectivity index (χ3v) is 4.36. The van der Waals surface area contributed by atoms with Gasteiger partial charge in [0.2, 0.25) is 0 Å². The Morgan fingerprint density at radius 2 is 1.84 bits per heavy atom. The van der Waals surface area contributed by atoms with Crippen LogP contribution < -0.4 is 5.32 Å². The van der Waals surface area contributed by atoms with Gasteiger partial charge in [-0.05, 0) is 49.3 Å². The fourth-order valence-corrected chi connectivity index (χ4v) is 3.02. The summed E-state index contributed by atoms with van der Waals surface area (Å²) < 4.78 is 0. The highest BCUT2D eigenvalue weighted by Gasteiger charge is 2.17. The lowest BCUT2D eigenvalue weighted by Gasteiger charge is -2.10. The minimum absolute atomic E-state index is 0.260. The first-order chi connectivity index (χ1) is 12.2. The molecule has 1 unspecified atom stereocenters. The van der Waals surface area contributed by atoms with Crippen LogP contribution in [0.2, 0.25) is 0 Å². The molecule has 1 N–H and O–H groups in total. The van der Waals surface area contributed by atoms with Crippen molar-refractivity contribution in [3.8, 4) is 11.4 Å². The largest absolute Gasteiger partial charge is 0.325 e. The maximum absolute atomic E-state index is 4.75. The maximum Gasteiger partial charge on any atom is 0.162 e. The molecule has 4 rings (SSSR count). The van der Waals surface area contributed by atoms with E-state index in [1.807, 2.05) is 36.4 Å². The second-order valence-electron chi connectivity index (χ2n) is 6.10. The van der Waals surface area contributed by atoms with Gasteiger partial charge in [-0.2, -0.15) is 0 Å². The van der Waals surface area contributed by atoms with E-state index in [2.05, 4.69) is 30.2 Å². The molecule has 1 atom stereocenters. The monoisotopic (exact) mass is 329 g/mol. The van der Waals surface area contributed by atoms with Crippen molar-refractivity contribution < 1.29 is 0 Å². The number of pyridine rings is 1. The van der Waals surface area contributed by atoms with Crippen LogP contribution in [0.5, 0.6) is 0 Å². The Morgan fingerprint density at radius 3 is 2.60 bits per heavy atom. The minimum atomic E-state index is 0.260. The van der Waals surface area contributed by atoms with Crippen LogP contribution in [-0.4, -0.2) is 26.8 Å². The van der Waals surface area contributed by atoms with Crippen LogP contribution in [0.15, 0.2) is 65.4 Å². The standard InChI is InChI=1S/C20H19N5/c1-3-16-13(2)12-18(22-16)24-20-15-6-4-5-7-17(15)23-19(25-20)14-8-10-21-11-9-14/h4-12,16H,3H2,1-2H3,(H,22,23,24,25). The molecule has 2 aromatic heterocycles. The van der Waals surface area contributed by atoms with E-state index < -0.39 is 0 Å². The SMILES string of the molecule is CCC1N=C(Nc2nc(-c3ccncc3)nc3ccccc23)C=C1C. The highest BCUT2D eigenvalue weighted by Crippen LogP contribution is 2.26. The molecule has 0 amide bonds. The average molecular weight is 329 g/mol. The number of rotatable bonds is 3. The van der Waals surface area contributed by atoms with Crippen LogP contribution in [0.25, 0.3) is 22.3 Å². The van der Waals surface area contributed by atoms with E-state index in [1.165, 1.54) is 5.57 Å². The lowest BCUT2D eigenvalue weighted by Crippen LogP contribution is -2.11. The molecule has 1 aromatic carbocycles. The first kappa shape index (κ1) is 15.4. The Kier molecular flexibility index (Phi) is 3.98. The van der Waals surface area contributed by atoms with Crippen molar-refractivity contribution >= 4 is 22.6 Å². The molecular formula is C20H19N5. The predicted octanol–water partition coefficient (Wildman–Crippen LogP) is 4.24. The second-order valence-corrected chi connectivity index (χ2v) is 6.10. The van der Waals surface area contributed by atoms with E-state index in [1.54, 1.807) is 12.4 Å². The topological polar surface area (TPSA) is 63.1 Å². The highest BCUT2D eigenvalue weighted by atomic mass is 15.1. The number of anilines is 1. The Morgan fingerprint density at radius 1 is 1.04 bits per heavy atom. The van der Waals surface area contributed by atoms with Crippen LogP contribution in [-0.2, 0) is 0 Å². The van der Waals surface area contributed by atoms with E-state index >= 15 is 0 Å². The van der Waals surface area contributed by atoms with Gasteiger partial charge in [0, 0.05) is 23.3 Å². The lowest BCUT2D eigenvalue weighted by molar-refractivity contribution is 0.756. The molecule has 124 valence electrons. The number of amidine groups is 1. The van der Waals surface area contributed by atoms with Gasteiger partial charge >= 0.3 is 0 Å². The van der Waals surface area contributed by atoms with Gasteiger partial charge in [0.1, 0.15) is 11.7 Å². The number of fused-ring (bicyclic) bond motifs is 1. The van der Waals surface area contributed by atoms with Gasteiger partial charge in [-0.25, -0.2) is 9.97 Å². The number of nitrogens with one attached hydrogen (secondary N) is 1. The second kappa shape index (κ2) is 6.43. The summed E-state index contributed by atoms with van der Waals surface area (Å²) in [6.45, 7) is 4.27. The van der Waals surface area contributed by atoms with Crippen LogP contribution in [0.4, 0.5) is 5.82 Å². The molecule has 0 saturated heterocycles. The van der Waals surface area contributed by atoms with E-state index in [0.717, 1.165) is 34.5 Å². The third-order valence-electron chi connectivity index (χ3n) is 4.36. The lowest BCUT2D eigenvalue weighted by atomic mass is 10.1. The van der Waals surface area contributed by atoms with Crippen molar-refractivity contribution in [2.24, 2.45) is 4.99 Å². The molecule has 3 aromatic rings. The molecule has 5 heteroatoms. The van der Waals surface area contributed by atoms with Crippen molar-refractivity contribution in [3.05, 3.63) is 60.4 Å². The Bertz CT molecular complexity index is 976. The zero-order chi connectivity index (χ0) is 17.2. The number of aliphatic imine (C=N–C) groups is 1. The molecule has 0 radical (unpaired) electrons. The van der Waals surface area contributed by atoms with Gasteiger partial charge in [0.05, 0.1) is 11.6 Å². The molecule has 1 aliphatic rings.